The van der Waals surface area contributed by atoms with Gasteiger partial charge in [0, 0.05) is 23.8 Å². The van der Waals surface area contributed by atoms with Gasteiger partial charge >= 0.3 is 0 Å². The molecule has 0 aromatic heterocycles. The van der Waals surface area contributed by atoms with Gasteiger partial charge in [-0.3, -0.25) is 0 Å². The topological polar surface area (TPSA) is 21.3 Å². The molecule has 1 aliphatic heterocycles. The van der Waals surface area contributed by atoms with Gasteiger partial charge in [0.2, 0.25) is 0 Å². The van der Waals surface area contributed by atoms with Gasteiger partial charge in [-0.25, -0.2) is 0 Å². The predicted octanol–water partition coefficient (Wildman–Crippen LogP) is 1.75. The molecule has 1 heterocycles. The fourth-order valence-corrected chi connectivity index (χ4v) is 2.03. The molecular weight excluding hydrogens is 182 g/mol. The fraction of sp³-hybridized carbons (Fsp3) is 1.00. The van der Waals surface area contributed by atoms with Crippen molar-refractivity contribution in [3.8, 4) is 0 Å². The molecule has 1 atom stereocenters. The van der Waals surface area contributed by atoms with Crippen molar-refractivity contribution in [3.63, 3.8) is 0 Å². The van der Waals surface area contributed by atoms with Crippen LogP contribution >= 0.6 is 11.8 Å². The van der Waals surface area contributed by atoms with Gasteiger partial charge in [-0.1, -0.05) is 13.8 Å². The summed E-state index contributed by atoms with van der Waals surface area (Å²) in [4.78, 5) is 0. The van der Waals surface area contributed by atoms with E-state index in [1.807, 2.05) is 11.8 Å². The predicted molar refractivity (Wildman–Crippen MR) is 59.4 cm³/mol. The minimum atomic E-state index is 0.408. The maximum atomic E-state index is 5.21. The Hall–Kier alpha value is 0.270. The van der Waals surface area contributed by atoms with Crippen molar-refractivity contribution < 1.29 is 4.74 Å². The molecule has 0 amide bonds. The monoisotopic (exact) mass is 203 g/mol. The van der Waals surface area contributed by atoms with Gasteiger partial charge < -0.3 is 10.1 Å². The molecule has 0 radical (unpaired) electrons. The first-order chi connectivity index (χ1) is 6.16. The second kappa shape index (κ2) is 5.23. The normalized spacial score (nSPS) is 22.4. The van der Waals surface area contributed by atoms with E-state index in [0.29, 0.717) is 11.5 Å². The van der Waals surface area contributed by atoms with Gasteiger partial charge in [0.05, 0.1) is 13.2 Å². The molecule has 1 unspecified atom stereocenters. The fourth-order valence-electron chi connectivity index (χ4n) is 1.33. The molecule has 1 N–H and O–H groups in total. The Labute approximate surface area is 85.8 Å². The van der Waals surface area contributed by atoms with Crippen LogP contribution in [0.4, 0.5) is 0 Å². The second-order valence-corrected chi connectivity index (χ2v) is 5.56. The summed E-state index contributed by atoms with van der Waals surface area (Å²) in [6, 6.07) is 0.627. The van der Waals surface area contributed by atoms with Crippen molar-refractivity contribution in [2.45, 2.75) is 26.8 Å². The van der Waals surface area contributed by atoms with Crippen LogP contribution in [0.5, 0.6) is 0 Å². The van der Waals surface area contributed by atoms with Crippen molar-refractivity contribution in [2.75, 3.05) is 31.3 Å². The molecule has 13 heavy (non-hydrogen) atoms. The third kappa shape index (κ3) is 3.88. The van der Waals surface area contributed by atoms with Crippen LogP contribution in [-0.4, -0.2) is 37.3 Å². The standard InChI is InChI=1S/C10H21NOS/c1-4-13-5-9(2)11-6-10(3)7-12-8-10/h9,11H,4-8H2,1-3H3. The maximum Gasteiger partial charge on any atom is 0.0554 e. The molecule has 0 bridgehead atoms. The summed E-state index contributed by atoms with van der Waals surface area (Å²) in [7, 11) is 0. The summed E-state index contributed by atoms with van der Waals surface area (Å²) >= 11 is 2.00. The molecule has 0 aromatic rings. The third-order valence-electron chi connectivity index (χ3n) is 2.35. The Morgan fingerprint density at radius 2 is 2.23 bits per heavy atom. The molecular formula is C10H21NOS. The summed E-state index contributed by atoms with van der Waals surface area (Å²) in [5, 5.41) is 3.56. The van der Waals surface area contributed by atoms with Crippen LogP contribution in [0.2, 0.25) is 0 Å². The van der Waals surface area contributed by atoms with Crippen LogP contribution in [0.15, 0.2) is 0 Å². The maximum absolute atomic E-state index is 5.21. The van der Waals surface area contributed by atoms with Gasteiger partial charge in [-0.15, -0.1) is 0 Å². The summed E-state index contributed by atoms with van der Waals surface area (Å²) in [5.74, 6) is 2.43. The average molecular weight is 203 g/mol. The van der Waals surface area contributed by atoms with Crippen molar-refractivity contribution in [1.29, 1.82) is 0 Å². The minimum absolute atomic E-state index is 0.408. The summed E-state index contributed by atoms with van der Waals surface area (Å²) < 4.78 is 5.21. The van der Waals surface area contributed by atoms with Crippen molar-refractivity contribution in [1.82, 2.24) is 5.32 Å². The lowest BCUT2D eigenvalue weighted by atomic mass is 9.88. The molecule has 1 aliphatic rings. The van der Waals surface area contributed by atoms with Crippen LogP contribution in [0.3, 0.4) is 0 Å². The van der Waals surface area contributed by atoms with Crippen LogP contribution in [0.25, 0.3) is 0 Å². The van der Waals surface area contributed by atoms with Crippen molar-refractivity contribution in [2.24, 2.45) is 5.41 Å². The summed E-state index contributed by atoms with van der Waals surface area (Å²) in [5.41, 5.74) is 0.408. The smallest absolute Gasteiger partial charge is 0.0554 e. The van der Waals surface area contributed by atoms with E-state index >= 15 is 0 Å². The van der Waals surface area contributed by atoms with Crippen LogP contribution in [0.1, 0.15) is 20.8 Å². The third-order valence-corrected chi connectivity index (χ3v) is 3.49. The van der Waals surface area contributed by atoms with Crippen molar-refractivity contribution in [3.05, 3.63) is 0 Å². The first-order valence-electron chi connectivity index (χ1n) is 5.05. The Balaban J connectivity index is 2.03. The van der Waals surface area contributed by atoms with E-state index in [0.717, 1.165) is 19.8 Å². The van der Waals surface area contributed by atoms with Crippen LogP contribution in [-0.2, 0) is 4.74 Å². The summed E-state index contributed by atoms with van der Waals surface area (Å²) in [6.45, 7) is 9.69. The Morgan fingerprint density at radius 3 is 2.69 bits per heavy atom. The minimum Gasteiger partial charge on any atom is -0.380 e. The second-order valence-electron chi connectivity index (χ2n) is 4.24. The first-order valence-corrected chi connectivity index (χ1v) is 6.20. The lowest BCUT2D eigenvalue weighted by Gasteiger charge is -2.39. The van der Waals surface area contributed by atoms with E-state index in [1.165, 1.54) is 11.5 Å². The number of nitrogens with one attached hydrogen (secondary N) is 1. The van der Waals surface area contributed by atoms with E-state index in [1.54, 1.807) is 0 Å². The van der Waals surface area contributed by atoms with E-state index in [9.17, 15) is 0 Å². The number of rotatable bonds is 6. The summed E-state index contributed by atoms with van der Waals surface area (Å²) in [6.07, 6.45) is 0. The van der Waals surface area contributed by atoms with Gasteiger partial charge in [0.1, 0.15) is 0 Å². The highest BCUT2D eigenvalue weighted by Crippen LogP contribution is 2.25. The number of ether oxygens (including phenoxy) is 1. The Bertz CT molecular complexity index is 148. The van der Waals surface area contributed by atoms with Crippen LogP contribution < -0.4 is 5.32 Å². The highest BCUT2D eigenvalue weighted by Gasteiger charge is 2.32. The zero-order valence-corrected chi connectivity index (χ0v) is 9.75. The average Bonchev–Trinajstić information content (AvgIpc) is 2.08. The molecule has 0 saturated carbocycles. The van der Waals surface area contributed by atoms with Crippen LogP contribution in [0, 0.1) is 5.41 Å². The Morgan fingerprint density at radius 1 is 1.54 bits per heavy atom. The number of hydrogen-bond acceptors (Lipinski definition) is 3. The largest absolute Gasteiger partial charge is 0.380 e. The molecule has 2 nitrogen and oxygen atoms in total. The van der Waals surface area contributed by atoms with E-state index < -0.39 is 0 Å². The van der Waals surface area contributed by atoms with Gasteiger partial charge in [-0.2, -0.15) is 11.8 Å². The lowest BCUT2D eigenvalue weighted by Crippen LogP contribution is -2.49. The molecule has 78 valence electrons. The van der Waals surface area contributed by atoms with Gasteiger partial charge in [-0.05, 0) is 12.7 Å². The number of thioether (sulfide) groups is 1. The zero-order chi connectivity index (χ0) is 9.73. The molecule has 3 heteroatoms. The Kier molecular flexibility index (Phi) is 4.56. The molecule has 1 saturated heterocycles. The van der Waals surface area contributed by atoms with E-state index in [4.69, 9.17) is 4.74 Å². The van der Waals surface area contributed by atoms with Crippen molar-refractivity contribution >= 4 is 11.8 Å². The molecule has 0 aromatic carbocycles. The van der Waals surface area contributed by atoms with E-state index in [-0.39, 0.29) is 0 Å². The number of hydrogen-bond donors (Lipinski definition) is 1. The quantitative estimate of drug-likeness (QED) is 0.710. The molecule has 1 fully saturated rings. The SMILES string of the molecule is CCSCC(C)NCC1(C)COC1. The first kappa shape index (κ1) is 11.3. The molecule has 0 spiro atoms. The molecule has 1 rings (SSSR count). The highest BCUT2D eigenvalue weighted by molar-refractivity contribution is 7.99. The lowest BCUT2D eigenvalue weighted by molar-refractivity contribution is -0.0996. The van der Waals surface area contributed by atoms with Gasteiger partial charge in [0.25, 0.3) is 0 Å². The van der Waals surface area contributed by atoms with E-state index in [2.05, 4.69) is 26.1 Å². The zero-order valence-electron chi connectivity index (χ0n) is 8.93. The highest BCUT2D eigenvalue weighted by atomic mass is 32.2. The molecule has 0 aliphatic carbocycles. The van der Waals surface area contributed by atoms with Gasteiger partial charge in [0.15, 0.2) is 0 Å².